The predicted octanol–water partition coefficient (Wildman–Crippen LogP) is 4.19. The van der Waals surface area contributed by atoms with Gasteiger partial charge in [0.25, 0.3) is 0 Å². The average molecular weight is 283 g/mol. The van der Waals surface area contributed by atoms with Crippen molar-refractivity contribution < 1.29 is 10.2 Å². The summed E-state index contributed by atoms with van der Waals surface area (Å²) in [5.41, 5.74) is 1.91. The normalized spacial score (nSPS) is 10.6. The van der Waals surface area contributed by atoms with Crippen LogP contribution in [0.5, 0.6) is 11.5 Å². The second-order valence-corrected chi connectivity index (χ2v) is 4.87. The Morgan fingerprint density at radius 2 is 1.11 bits per heavy atom. The monoisotopic (exact) mass is 282 g/mol. The van der Waals surface area contributed by atoms with Crippen LogP contribution in [0.3, 0.4) is 0 Å². The van der Waals surface area contributed by atoms with Gasteiger partial charge in [-0.3, -0.25) is 0 Å². The number of halogens is 2. The summed E-state index contributed by atoms with van der Waals surface area (Å²) in [5, 5.41) is 19.6. The second-order valence-electron chi connectivity index (χ2n) is 4.05. The molecule has 0 amide bonds. The molecule has 0 radical (unpaired) electrons. The average Bonchev–Trinajstić information content (AvgIpc) is 2.30. The fourth-order valence-electron chi connectivity index (χ4n) is 1.75. The maximum absolute atomic E-state index is 9.26. The summed E-state index contributed by atoms with van der Waals surface area (Å²) < 4.78 is 0. The van der Waals surface area contributed by atoms with Crippen LogP contribution in [0.4, 0.5) is 0 Å². The van der Waals surface area contributed by atoms with Crippen LogP contribution in [-0.2, 0) is 12.8 Å². The molecule has 94 valence electrons. The standard InChI is InChI=1S/C14H12Cl2O2/c15-13-7-11(17)5-3-9(13)1-2-10-4-6-12(18)8-14(10)16/h3-8,17-18H,1-2H2. The van der Waals surface area contributed by atoms with E-state index in [0.29, 0.717) is 10.0 Å². The minimum absolute atomic E-state index is 0.159. The van der Waals surface area contributed by atoms with Crippen molar-refractivity contribution in [2.24, 2.45) is 0 Å². The molecular weight excluding hydrogens is 271 g/mol. The molecule has 0 aliphatic rings. The molecule has 0 aromatic heterocycles. The van der Waals surface area contributed by atoms with Gasteiger partial charge in [-0.05, 0) is 48.2 Å². The molecule has 0 heterocycles. The lowest BCUT2D eigenvalue weighted by Gasteiger charge is -2.07. The van der Waals surface area contributed by atoms with Gasteiger partial charge in [-0.1, -0.05) is 35.3 Å². The Hall–Kier alpha value is -1.38. The van der Waals surface area contributed by atoms with E-state index in [9.17, 15) is 10.2 Å². The van der Waals surface area contributed by atoms with Gasteiger partial charge in [0, 0.05) is 10.0 Å². The van der Waals surface area contributed by atoms with E-state index in [-0.39, 0.29) is 11.5 Å². The van der Waals surface area contributed by atoms with Gasteiger partial charge >= 0.3 is 0 Å². The summed E-state index contributed by atoms with van der Waals surface area (Å²) in [6, 6.07) is 9.86. The zero-order valence-electron chi connectivity index (χ0n) is 9.53. The summed E-state index contributed by atoms with van der Waals surface area (Å²) in [5.74, 6) is 0.317. The van der Waals surface area contributed by atoms with Gasteiger partial charge in [0.1, 0.15) is 11.5 Å². The van der Waals surface area contributed by atoms with Crippen LogP contribution in [0, 0.1) is 0 Å². The first-order chi connectivity index (χ1) is 8.56. The van der Waals surface area contributed by atoms with Gasteiger partial charge in [0.2, 0.25) is 0 Å². The zero-order chi connectivity index (χ0) is 13.1. The van der Waals surface area contributed by atoms with Crippen molar-refractivity contribution in [3.8, 4) is 11.5 Å². The van der Waals surface area contributed by atoms with Crippen LogP contribution in [0.2, 0.25) is 10.0 Å². The minimum Gasteiger partial charge on any atom is -0.508 e. The highest BCUT2D eigenvalue weighted by Gasteiger charge is 2.05. The third-order valence-corrected chi connectivity index (χ3v) is 3.44. The molecule has 0 aliphatic carbocycles. The van der Waals surface area contributed by atoms with Crippen molar-refractivity contribution in [2.75, 3.05) is 0 Å². The fourth-order valence-corrected chi connectivity index (χ4v) is 2.29. The van der Waals surface area contributed by atoms with E-state index in [0.717, 1.165) is 24.0 Å². The number of phenols is 2. The SMILES string of the molecule is Oc1ccc(CCc2ccc(O)cc2Cl)c(Cl)c1. The van der Waals surface area contributed by atoms with E-state index in [1.807, 2.05) is 0 Å². The number of benzene rings is 2. The molecule has 0 saturated heterocycles. The van der Waals surface area contributed by atoms with Crippen molar-refractivity contribution in [1.82, 2.24) is 0 Å². The van der Waals surface area contributed by atoms with Crippen LogP contribution in [0.1, 0.15) is 11.1 Å². The largest absolute Gasteiger partial charge is 0.508 e. The van der Waals surface area contributed by atoms with Crippen molar-refractivity contribution in [1.29, 1.82) is 0 Å². The highest BCUT2D eigenvalue weighted by atomic mass is 35.5. The third-order valence-electron chi connectivity index (χ3n) is 2.74. The number of aromatic hydroxyl groups is 2. The number of rotatable bonds is 3. The Morgan fingerprint density at radius 1 is 0.722 bits per heavy atom. The summed E-state index contributed by atoms with van der Waals surface area (Å²) in [4.78, 5) is 0. The Kier molecular flexibility index (Phi) is 4.00. The van der Waals surface area contributed by atoms with Crippen molar-refractivity contribution in [2.45, 2.75) is 12.8 Å². The van der Waals surface area contributed by atoms with Crippen molar-refractivity contribution >= 4 is 23.2 Å². The first kappa shape index (κ1) is 13.1. The fraction of sp³-hybridized carbons (Fsp3) is 0.143. The first-order valence-electron chi connectivity index (χ1n) is 5.51. The molecule has 0 saturated carbocycles. The lowest BCUT2D eigenvalue weighted by atomic mass is 10.0. The molecule has 4 heteroatoms. The summed E-state index contributed by atoms with van der Waals surface area (Å²) in [6.45, 7) is 0. The van der Waals surface area contributed by atoms with Gasteiger partial charge in [-0.25, -0.2) is 0 Å². The summed E-state index contributed by atoms with van der Waals surface area (Å²) in [7, 11) is 0. The van der Waals surface area contributed by atoms with E-state index in [2.05, 4.69) is 0 Å². The van der Waals surface area contributed by atoms with E-state index in [1.165, 1.54) is 12.1 Å². The third kappa shape index (κ3) is 3.09. The zero-order valence-corrected chi connectivity index (χ0v) is 11.0. The smallest absolute Gasteiger partial charge is 0.117 e. The Bertz CT molecular complexity index is 516. The van der Waals surface area contributed by atoms with E-state index < -0.39 is 0 Å². The molecule has 2 N–H and O–H groups in total. The van der Waals surface area contributed by atoms with E-state index in [4.69, 9.17) is 23.2 Å². The first-order valence-corrected chi connectivity index (χ1v) is 6.26. The van der Waals surface area contributed by atoms with Crippen LogP contribution in [-0.4, -0.2) is 10.2 Å². The van der Waals surface area contributed by atoms with Gasteiger partial charge in [0.15, 0.2) is 0 Å². The highest BCUT2D eigenvalue weighted by Crippen LogP contribution is 2.26. The summed E-state index contributed by atoms with van der Waals surface area (Å²) >= 11 is 12.1. The molecule has 0 atom stereocenters. The quantitative estimate of drug-likeness (QED) is 0.886. The molecule has 0 bridgehead atoms. The maximum Gasteiger partial charge on any atom is 0.117 e. The van der Waals surface area contributed by atoms with Gasteiger partial charge in [-0.15, -0.1) is 0 Å². The number of phenolic OH excluding ortho intramolecular Hbond substituents is 2. The lowest BCUT2D eigenvalue weighted by Crippen LogP contribution is -1.93. The van der Waals surface area contributed by atoms with Crippen molar-refractivity contribution in [3.05, 3.63) is 57.6 Å². The topological polar surface area (TPSA) is 40.5 Å². The molecule has 0 aliphatic heterocycles. The Labute approximate surface area is 115 Å². The lowest BCUT2D eigenvalue weighted by molar-refractivity contribution is 0.474. The van der Waals surface area contributed by atoms with Gasteiger partial charge < -0.3 is 10.2 Å². The molecular formula is C14H12Cl2O2. The molecule has 0 unspecified atom stereocenters. The Balaban J connectivity index is 2.11. The number of hydrogen-bond acceptors (Lipinski definition) is 2. The van der Waals surface area contributed by atoms with Gasteiger partial charge in [0.05, 0.1) is 0 Å². The molecule has 18 heavy (non-hydrogen) atoms. The molecule has 0 spiro atoms. The van der Waals surface area contributed by atoms with E-state index >= 15 is 0 Å². The van der Waals surface area contributed by atoms with E-state index in [1.54, 1.807) is 24.3 Å². The van der Waals surface area contributed by atoms with Crippen LogP contribution in [0.15, 0.2) is 36.4 Å². The minimum atomic E-state index is 0.159. The molecule has 2 aromatic carbocycles. The molecule has 0 fully saturated rings. The molecule has 2 nitrogen and oxygen atoms in total. The predicted molar refractivity (Wildman–Crippen MR) is 73.6 cm³/mol. The number of aryl methyl sites for hydroxylation is 2. The molecule has 2 rings (SSSR count). The molecule has 2 aromatic rings. The van der Waals surface area contributed by atoms with Gasteiger partial charge in [-0.2, -0.15) is 0 Å². The second kappa shape index (κ2) is 5.51. The highest BCUT2D eigenvalue weighted by molar-refractivity contribution is 6.32. The van der Waals surface area contributed by atoms with Crippen LogP contribution in [0.25, 0.3) is 0 Å². The number of hydrogen-bond donors (Lipinski definition) is 2. The van der Waals surface area contributed by atoms with Crippen LogP contribution >= 0.6 is 23.2 Å². The Morgan fingerprint density at radius 3 is 1.44 bits per heavy atom. The maximum atomic E-state index is 9.26. The van der Waals surface area contributed by atoms with Crippen LogP contribution < -0.4 is 0 Å². The van der Waals surface area contributed by atoms with Crippen molar-refractivity contribution in [3.63, 3.8) is 0 Å². The summed E-state index contributed by atoms with van der Waals surface area (Å²) in [6.07, 6.45) is 1.45.